The fourth-order valence-electron chi connectivity index (χ4n) is 3.15. The molecule has 4 rings (SSSR count). The van der Waals surface area contributed by atoms with Crippen molar-refractivity contribution in [1.29, 1.82) is 0 Å². The van der Waals surface area contributed by atoms with Crippen molar-refractivity contribution >= 4 is 10.9 Å². The molecule has 27 heavy (non-hydrogen) atoms. The quantitative estimate of drug-likeness (QED) is 0.639. The van der Waals surface area contributed by atoms with Gasteiger partial charge in [0.05, 0.1) is 24.1 Å². The largest absolute Gasteiger partial charge is 0.489 e. The lowest BCUT2D eigenvalue weighted by Crippen LogP contribution is -2.26. The van der Waals surface area contributed by atoms with Crippen LogP contribution in [-0.4, -0.2) is 23.3 Å². The second kappa shape index (κ2) is 7.48. The van der Waals surface area contributed by atoms with Gasteiger partial charge in [0.2, 0.25) is 0 Å². The van der Waals surface area contributed by atoms with E-state index in [1.807, 2.05) is 6.07 Å². The molecule has 0 bridgehead atoms. The minimum absolute atomic E-state index is 0.0457. The van der Waals surface area contributed by atoms with Crippen molar-refractivity contribution < 1.29 is 13.9 Å². The number of rotatable bonds is 7. The van der Waals surface area contributed by atoms with Gasteiger partial charge in [0.1, 0.15) is 24.0 Å². The second-order valence-corrected chi connectivity index (χ2v) is 6.79. The Bertz CT molecular complexity index is 1030. The first-order valence-corrected chi connectivity index (χ1v) is 9.06. The molecule has 0 saturated heterocycles. The predicted molar refractivity (Wildman–Crippen MR) is 101 cm³/mol. The Morgan fingerprint density at radius 2 is 2.07 bits per heavy atom. The van der Waals surface area contributed by atoms with E-state index in [0.717, 1.165) is 24.2 Å². The van der Waals surface area contributed by atoms with Crippen LogP contribution in [0.1, 0.15) is 30.1 Å². The van der Waals surface area contributed by atoms with Gasteiger partial charge in [-0.3, -0.25) is 9.36 Å². The van der Waals surface area contributed by atoms with Crippen LogP contribution in [0.2, 0.25) is 0 Å². The molecule has 1 heterocycles. The van der Waals surface area contributed by atoms with E-state index >= 15 is 0 Å². The van der Waals surface area contributed by atoms with Crippen molar-refractivity contribution in [3.8, 4) is 5.75 Å². The van der Waals surface area contributed by atoms with E-state index in [9.17, 15) is 9.18 Å². The summed E-state index contributed by atoms with van der Waals surface area (Å²) in [6, 6.07) is 11.6. The maximum Gasteiger partial charge on any atom is 0.261 e. The van der Waals surface area contributed by atoms with Crippen molar-refractivity contribution in [3.05, 3.63) is 70.0 Å². The summed E-state index contributed by atoms with van der Waals surface area (Å²) in [6.07, 6.45) is 2.11. The average Bonchev–Trinajstić information content (AvgIpc) is 3.50. The first-order valence-electron chi connectivity index (χ1n) is 9.06. The molecule has 1 aliphatic rings. The summed E-state index contributed by atoms with van der Waals surface area (Å²) in [7, 11) is 1.62. The van der Waals surface area contributed by atoms with Crippen LogP contribution in [0.25, 0.3) is 10.9 Å². The summed E-state index contributed by atoms with van der Waals surface area (Å²) in [5.74, 6) is 1.49. The molecule has 3 aromatic rings. The molecule has 0 amide bonds. The molecule has 0 spiro atoms. The van der Waals surface area contributed by atoms with Gasteiger partial charge in [0.15, 0.2) is 0 Å². The number of methoxy groups -OCH3 is 1. The topological polar surface area (TPSA) is 53.4 Å². The van der Waals surface area contributed by atoms with Gasteiger partial charge in [0.25, 0.3) is 5.56 Å². The lowest BCUT2D eigenvalue weighted by Gasteiger charge is -2.13. The maximum atomic E-state index is 13.3. The van der Waals surface area contributed by atoms with E-state index in [-0.39, 0.29) is 18.0 Å². The number of fused-ring (bicyclic) bond motifs is 1. The predicted octanol–water partition coefficient (Wildman–Crippen LogP) is 3.64. The number of benzene rings is 2. The molecule has 0 atom stereocenters. The van der Waals surface area contributed by atoms with Gasteiger partial charge < -0.3 is 9.47 Å². The van der Waals surface area contributed by atoms with E-state index < -0.39 is 0 Å². The van der Waals surface area contributed by atoms with E-state index in [4.69, 9.17) is 14.5 Å². The molecule has 1 aromatic heterocycles. The Kier molecular flexibility index (Phi) is 4.90. The lowest BCUT2D eigenvalue weighted by molar-refractivity contribution is 0.185. The summed E-state index contributed by atoms with van der Waals surface area (Å²) in [4.78, 5) is 17.6. The standard InChI is InChI=1S/C21H21FN2O3/c1-26-10-9-24-20(15-5-6-15)23-19-12-17(7-8-18(19)21(24)25)27-13-14-3-2-4-16(22)11-14/h2-4,7-8,11-12,15H,5-6,9-10,13H2,1H3. The Balaban J connectivity index is 1.64. The monoisotopic (exact) mass is 368 g/mol. The molecule has 2 aromatic carbocycles. The average molecular weight is 368 g/mol. The highest BCUT2D eigenvalue weighted by atomic mass is 19.1. The Labute approximate surface area is 156 Å². The summed E-state index contributed by atoms with van der Waals surface area (Å²) < 4.78 is 25.9. The summed E-state index contributed by atoms with van der Waals surface area (Å²) in [5, 5.41) is 0.564. The second-order valence-electron chi connectivity index (χ2n) is 6.79. The smallest absolute Gasteiger partial charge is 0.261 e. The molecular weight excluding hydrogens is 347 g/mol. The van der Waals surface area contributed by atoms with E-state index in [1.165, 1.54) is 12.1 Å². The fourth-order valence-corrected chi connectivity index (χ4v) is 3.15. The van der Waals surface area contributed by atoms with E-state index in [0.29, 0.717) is 35.7 Å². The van der Waals surface area contributed by atoms with E-state index in [2.05, 4.69) is 0 Å². The first kappa shape index (κ1) is 17.7. The molecule has 1 fully saturated rings. The number of halogens is 1. The van der Waals surface area contributed by atoms with Gasteiger partial charge in [-0.1, -0.05) is 12.1 Å². The van der Waals surface area contributed by atoms with Crippen molar-refractivity contribution in [1.82, 2.24) is 9.55 Å². The molecule has 0 unspecified atom stereocenters. The fraction of sp³-hybridized carbons (Fsp3) is 0.333. The van der Waals surface area contributed by atoms with Gasteiger partial charge in [-0.25, -0.2) is 9.37 Å². The third kappa shape index (κ3) is 3.85. The molecule has 1 saturated carbocycles. The van der Waals surface area contributed by atoms with Crippen molar-refractivity contribution in [2.24, 2.45) is 0 Å². The Hall–Kier alpha value is -2.73. The minimum Gasteiger partial charge on any atom is -0.489 e. The summed E-state index contributed by atoms with van der Waals surface area (Å²) in [5.41, 5.74) is 1.33. The lowest BCUT2D eigenvalue weighted by atomic mass is 10.2. The van der Waals surface area contributed by atoms with Crippen molar-refractivity contribution in [3.63, 3.8) is 0 Å². The number of ether oxygens (including phenoxy) is 2. The van der Waals surface area contributed by atoms with Crippen LogP contribution < -0.4 is 10.3 Å². The summed E-state index contributed by atoms with van der Waals surface area (Å²) >= 11 is 0. The van der Waals surface area contributed by atoms with Gasteiger partial charge in [-0.05, 0) is 42.7 Å². The number of hydrogen-bond acceptors (Lipinski definition) is 4. The van der Waals surface area contributed by atoms with Crippen LogP contribution in [0.15, 0.2) is 47.3 Å². The Morgan fingerprint density at radius 3 is 2.81 bits per heavy atom. The highest BCUT2D eigenvalue weighted by molar-refractivity contribution is 5.79. The zero-order valence-electron chi connectivity index (χ0n) is 15.2. The minimum atomic E-state index is -0.290. The zero-order chi connectivity index (χ0) is 18.8. The van der Waals surface area contributed by atoms with Gasteiger partial charge in [-0.15, -0.1) is 0 Å². The third-order valence-electron chi connectivity index (χ3n) is 4.71. The number of hydrogen-bond donors (Lipinski definition) is 0. The highest BCUT2D eigenvalue weighted by Crippen LogP contribution is 2.39. The summed E-state index contributed by atoms with van der Waals surface area (Å²) in [6.45, 7) is 1.23. The van der Waals surface area contributed by atoms with Gasteiger partial charge in [-0.2, -0.15) is 0 Å². The van der Waals surface area contributed by atoms with Crippen molar-refractivity contribution in [2.75, 3.05) is 13.7 Å². The normalized spacial score (nSPS) is 13.9. The highest BCUT2D eigenvalue weighted by Gasteiger charge is 2.29. The molecule has 6 heteroatoms. The maximum absolute atomic E-state index is 13.3. The van der Waals surface area contributed by atoms with Crippen LogP contribution in [-0.2, 0) is 17.9 Å². The van der Waals surface area contributed by atoms with Crippen LogP contribution in [0, 0.1) is 5.82 Å². The number of aromatic nitrogens is 2. The Morgan fingerprint density at radius 1 is 1.22 bits per heavy atom. The van der Waals surface area contributed by atoms with Crippen LogP contribution >= 0.6 is 0 Å². The van der Waals surface area contributed by atoms with Crippen LogP contribution in [0.3, 0.4) is 0 Å². The molecule has 0 N–H and O–H groups in total. The molecule has 0 radical (unpaired) electrons. The van der Waals surface area contributed by atoms with Gasteiger partial charge >= 0.3 is 0 Å². The zero-order valence-corrected chi connectivity index (χ0v) is 15.2. The molecule has 140 valence electrons. The molecule has 5 nitrogen and oxygen atoms in total. The van der Waals surface area contributed by atoms with Crippen molar-refractivity contribution in [2.45, 2.75) is 31.9 Å². The molecule has 1 aliphatic carbocycles. The van der Waals surface area contributed by atoms with E-state index in [1.54, 1.807) is 35.9 Å². The van der Waals surface area contributed by atoms with Gasteiger partial charge in [0, 0.05) is 19.1 Å². The molecule has 0 aliphatic heterocycles. The number of nitrogens with zero attached hydrogens (tertiary/aromatic N) is 2. The first-order chi connectivity index (χ1) is 13.2. The van der Waals surface area contributed by atoms with Crippen LogP contribution in [0.4, 0.5) is 4.39 Å². The van der Waals surface area contributed by atoms with Crippen LogP contribution in [0.5, 0.6) is 5.75 Å². The SMILES string of the molecule is COCCn1c(C2CC2)nc2cc(OCc3cccc(F)c3)ccc2c1=O. The molecular formula is C21H21FN2O3. The third-order valence-corrected chi connectivity index (χ3v) is 4.71.